The molecule has 3 aliphatic rings. The van der Waals surface area contributed by atoms with Crippen LogP contribution in [-0.4, -0.2) is 0 Å². The van der Waals surface area contributed by atoms with E-state index in [1.165, 1.54) is 23.7 Å². The molecule has 3 rings (SSSR count). The van der Waals surface area contributed by atoms with E-state index in [1.54, 1.807) is 12.8 Å². The first-order chi connectivity index (χ1) is 3.88. The molecule has 3 unspecified atom stereocenters. The minimum atomic E-state index is 1.11. The molecule has 0 spiro atoms. The van der Waals surface area contributed by atoms with Crippen LogP contribution in [0.2, 0.25) is 0 Å². The molecule has 0 aromatic rings. The second-order valence-corrected chi connectivity index (χ2v) is 4.03. The standard InChI is InChI=1S/C8H12/c1-4-2-5-3-6-7(4)8(5)6/h4-8H,2-3H2,1H3/t4-,5?,6?,7?,8+/m0/s1. The molecule has 0 aromatic heterocycles. The largest absolute Gasteiger partial charge is 0.0622 e. The highest BCUT2D eigenvalue weighted by Crippen LogP contribution is 2.74. The zero-order valence-electron chi connectivity index (χ0n) is 5.30. The first-order valence-electron chi connectivity index (χ1n) is 3.88. The van der Waals surface area contributed by atoms with Crippen LogP contribution < -0.4 is 0 Å². The summed E-state index contributed by atoms with van der Waals surface area (Å²) in [7, 11) is 0. The van der Waals surface area contributed by atoms with Crippen LogP contribution in [0.4, 0.5) is 0 Å². The molecule has 0 aromatic carbocycles. The van der Waals surface area contributed by atoms with Gasteiger partial charge >= 0.3 is 0 Å². The molecule has 0 N–H and O–H groups in total. The molecule has 0 radical (unpaired) electrons. The van der Waals surface area contributed by atoms with Crippen molar-refractivity contribution in [2.45, 2.75) is 19.8 Å². The van der Waals surface area contributed by atoms with E-state index in [4.69, 9.17) is 0 Å². The van der Waals surface area contributed by atoms with Crippen LogP contribution in [0.1, 0.15) is 19.8 Å². The molecule has 0 nitrogen and oxygen atoms in total. The SMILES string of the molecule is C[C@H]1CC2CC3C1[C@H]23. The van der Waals surface area contributed by atoms with Gasteiger partial charge in [-0.3, -0.25) is 0 Å². The van der Waals surface area contributed by atoms with Gasteiger partial charge in [-0.15, -0.1) is 0 Å². The van der Waals surface area contributed by atoms with Gasteiger partial charge < -0.3 is 0 Å². The molecule has 0 heterocycles. The van der Waals surface area contributed by atoms with Crippen LogP contribution in [0.15, 0.2) is 0 Å². The second-order valence-electron chi connectivity index (χ2n) is 4.03. The highest BCUT2D eigenvalue weighted by molar-refractivity contribution is 5.16. The van der Waals surface area contributed by atoms with Crippen LogP contribution in [0.25, 0.3) is 0 Å². The Hall–Kier alpha value is 0. The van der Waals surface area contributed by atoms with Crippen LogP contribution >= 0.6 is 0 Å². The van der Waals surface area contributed by atoms with Crippen LogP contribution in [0.5, 0.6) is 0 Å². The quantitative estimate of drug-likeness (QED) is 0.444. The normalized spacial score (nSPS) is 73.9. The fourth-order valence-corrected chi connectivity index (χ4v) is 3.41. The van der Waals surface area contributed by atoms with Crippen molar-refractivity contribution in [3.05, 3.63) is 0 Å². The van der Waals surface area contributed by atoms with Gasteiger partial charge in [0.05, 0.1) is 0 Å². The van der Waals surface area contributed by atoms with Crippen molar-refractivity contribution >= 4 is 0 Å². The lowest BCUT2D eigenvalue weighted by Crippen LogP contribution is -2.17. The smallest absolute Gasteiger partial charge is 0.0321 e. The van der Waals surface area contributed by atoms with E-state index in [2.05, 4.69) is 6.92 Å². The molecule has 3 fully saturated rings. The van der Waals surface area contributed by atoms with Gasteiger partial charge in [0.25, 0.3) is 0 Å². The number of hydrogen-bond acceptors (Lipinski definition) is 0. The Balaban J connectivity index is 1.99. The Labute approximate surface area is 50.3 Å². The Morgan fingerprint density at radius 1 is 1.12 bits per heavy atom. The third-order valence-electron chi connectivity index (χ3n) is 3.74. The maximum absolute atomic E-state index is 2.44. The predicted octanol–water partition coefficient (Wildman–Crippen LogP) is 1.91. The molecule has 8 heavy (non-hydrogen) atoms. The molecule has 0 bridgehead atoms. The van der Waals surface area contributed by atoms with Crippen LogP contribution in [0.3, 0.4) is 0 Å². The predicted molar refractivity (Wildman–Crippen MR) is 32.4 cm³/mol. The average molecular weight is 108 g/mol. The van der Waals surface area contributed by atoms with Crippen molar-refractivity contribution in [1.29, 1.82) is 0 Å². The van der Waals surface area contributed by atoms with E-state index in [0.29, 0.717) is 0 Å². The van der Waals surface area contributed by atoms with Gasteiger partial charge in [-0.25, -0.2) is 0 Å². The minimum absolute atomic E-state index is 1.11. The summed E-state index contributed by atoms with van der Waals surface area (Å²) in [6, 6.07) is 0. The van der Waals surface area contributed by atoms with Gasteiger partial charge in [0.1, 0.15) is 0 Å². The molecular formula is C8H12. The van der Waals surface area contributed by atoms with E-state index in [1.807, 2.05) is 0 Å². The van der Waals surface area contributed by atoms with Gasteiger partial charge in [-0.05, 0) is 42.4 Å². The topological polar surface area (TPSA) is 0 Å². The Morgan fingerprint density at radius 3 is 2.25 bits per heavy atom. The Morgan fingerprint density at radius 2 is 2.00 bits per heavy atom. The summed E-state index contributed by atoms with van der Waals surface area (Å²) < 4.78 is 0. The van der Waals surface area contributed by atoms with Gasteiger partial charge in [0.2, 0.25) is 0 Å². The van der Waals surface area contributed by atoms with Gasteiger partial charge in [-0.1, -0.05) is 6.92 Å². The van der Waals surface area contributed by atoms with Crippen molar-refractivity contribution < 1.29 is 0 Å². The molecule has 0 aliphatic heterocycles. The first kappa shape index (κ1) is 3.92. The summed E-state index contributed by atoms with van der Waals surface area (Å²) in [6.07, 6.45) is 3.19. The van der Waals surface area contributed by atoms with E-state index in [0.717, 1.165) is 5.92 Å². The summed E-state index contributed by atoms with van der Waals surface area (Å²) in [5.74, 6) is 6.04. The molecule has 0 saturated heterocycles. The highest BCUT2D eigenvalue weighted by Gasteiger charge is 2.68. The maximum Gasteiger partial charge on any atom is -0.0321 e. The summed E-state index contributed by atoms with van der Waals surface area (Å²) in [4.78, 5) is 0. The van der Waals surface area contributed by atoms with Crippen molar-refractivity contribution in [2.24, 2.45) is 29.6 Å². The minimum Gasteiger partial charge on any atom is -0.0622 e. The van der Waals surface area contributed by atoms with Gasteiger partial charge in [0.15, 0.2) is 0 Å². The molecular weight excluding hydrogens is 96.1 g/mol. The Kier molecular flexibility index (Phi) is 0.427. The molecule has 5 atom stereocenters. The number of hydrogen-bond donors (Lipinski definition) is 0. The van der Waals surface area contributed by atoms with Crippen molar-refractivity contribution in [1.82, 2.24) is 0 Å². The molecule has 3 saturated carbocycles. The van der Waals surface area contributed by atoms with E-state index < -0.39 is 0 Å². The van der Waals surface area contributed by atoms with E-state index >= 15 is 0 Å². The second kappa shape index (κ2) is 0.872. The monoisotopic (exact) mass is 108 g/mol. The molecule has 0 amide bonds. The Bertz CT molecular complexity index is 137. The van der Waals surface area contributed by atoms with Crippen molar-refractivity contribution in [3.8, 4) is 0 Å². The number of rotatable bonds is 0. The lowest BCUT2D eigenvalue weighted by Gasteiger charge is -2.26. The third-order valence-corrected chi connectivity index (χ3v) is 3.74. The lowest BCUT2D eigenvalue weighted by molar-refractivity contribution is 0.239. The summed E-state index contributed by atoms with van der Waals surface area (Å²) in [5, 5.41) is 0. The van der Waals surface area contributed by atoms with E-state index in [-0.39, 0.29) is 0 Å². The van der Waals surface area contributed by atoms with Gasteiger partial charge in [-0.2, -0.15) is 0 Å². The average Bonchev–Trinajstić information content (AvgIpc) is 2.20. The zero-order valence-corrected chi connectivity index (χ0v) is 5.30. The highest BCUT2D eigenvalue weighted by atomic mass is 14.7. The summed E-state index contributed by atoms with van der Waals surface area (Å²) in [5.41, 5.74) is 0. The van der Waals surface area contributed by atoms with Crippen molar-refractivity contribution in [2.75, 3.05) is 0 Å². The fourth-order valence-electron chi connectivity index (χ4n) is 3.41. The molecule has 0 heteroatoms. The third kappa shape index (κ3) is 0.222. The van der Waals surface area contributed by atoms with Crippen LogP contribution in [-0.2, 0) is 0 Å². The molecule has 3 aliphatic carbocycles. The number of fused-ring (bicyclic) bond motifs is 1. The summed E-state index contributed by atoms with van der Waals surface area (Å²) in [6.45, 7) is 2.44. The molecule has 44 valence electrons. The zero-order chi connectivity index (χ0) is 5.30. The maximum atomic E-state index is 2.44. The van der Waals surface area contributed by atoms with E-state index in [9.17, 15) is 0 Å². The van der Waals surface area contributed by atoms with Crippen LogP contribution in [0, 0.1) is 29.6 Å². The summed E-state index contributed by atoms with van der Waals surface area (Å²) >= 11 is 0. The van der Waals surface area contributed by atoms with Crippen molar-refractivity contribution in [3.63, 3.8) is 0 Å². The first-order valence-corrected chi connectivity index (χ1v) is 3.88. The van der Waals surface area contributed by atoms with Gasteiger partial charge in [0, 0.05) is 0 Å². The lowest BCUT2D eigenvalue weighted by atomic mass is 9.79. The fraction of sp³-hybridized carbons (Fsp3) is 1.00.